The molecule has 0 fully saturated rings. The van der Waals surface area contributed by atoms with Crippen LogP contribution in [0.4, 0.5) is 26.3 Å². The van der Waals surface area contributed by atoms with E-state index in [-0.39, 0.29) is 6.33 Å². The standard InChI is InChI=1S/C6HF6N2/c7-5(8,9)3-1-4(6(10,11)12)14-2-13-3/h2H. The van der Waals surface area contributed by atoms with Crippen LogP contribution in [0.15, 0.2) is 6.33 Å². The van der Waals surface area contributed by atoms with Crippen molar-refractivity contribution >= 4 is 0 Å². The maximum absolute atomic E-state index is 11.9. The molecule has 1 rings (SSSR count). The second-order valence-corrected chi connectivity index (χ2v) is 2.19. The molecule has 0 bridgehead atoms. The van der Waals surface area contributed by atoms with Crippen LogP contribution < -0.4 is 0 Å². The molecule has 1 aromatic heterocycles. The SMILES string of the molecule is FC(F)(F)c1[c]c(C(F)(F)F)ncn1. The third-order valence-electron chi connectivity index (χ3n) is 1.15. The maximum atomic E-state index is 11.9. The van der Waals surface area contributed by atoms with Gasteiger partial charge in [0.2, 0.25) is 0 Å². The molecule has 0 N–H and O–H groups in total. The minimum atomic E-state index is -4.96. The molecule has 0 atom stereocenters. The molecule has 0 unspecified atom stereocenters. The van der Waals surface area contributed by atoms with Crippen molar-refractivity contribution in [2.24, 2.45) is 0 Å². The molecule has 8 heteroatoms. The van der Waals surface area contributed by atoms with E-state index in [2.05, 4.69) is 9.97 Å². The summed E-state index contributed by atoms with van der Waals surface area (Å²) in [6, 6.07) is 1.05. The fraction of sp³-hybridized carbons (Fsp3) is 0.333. The summed E-state index contributed by atoms with van der Waals surface area (Å²) in [5, 5.41) is 0. The topological polar surface area (TPSA) is 25.8 Å². The first-order valence-electron chi connectivity index (χ1n) is 3.10. The third kappa shape index (κ3) is 2.33. The molecule has 1 radical (unpaired) electrons. The van der Waals surface area contributed by atoms with E-state index in [1.165, 1.54) is 0 Å². The lowest BCUT2D eigenvalue weighted by atomic mass is 10.3. The van der Waals surface area contributed by atoms with Gasteiger partial charge in [0.15, 0.2) is 11.4 Å². The highest BCUT2D eigenvalue weighted by atomic mass is 19.4. The Morgan fingerprint density at radius 1 is 0.857 bits per heavy atom. The molecule has 0 amide bonds. The molecule has 0 aliphatic rings. The lowest BCUT2D eigenvalue weighted by Gasteiger charge is -2.07. The van der Waals surface area contributed by atoms with Gasteiger partial charge in [0.1, 0.15) is 6.33 Å². The Labute approximate surface area is 73.6 Å². The van der Waals surface area contributed by atoms with Gasteiger partial charge in [-0.2, -0.15) is 26.3 Å². The van der Waals surface area contributed by atoms with Gasteiger partial charge in [0.05, 0.1) is 0 Å². The predicted octanol–water partition coefficient (Wildman–Crippen LogP) is 2.31. The normalized spacial score (nSPS) is 13.0. The van der Waals surface area contributed by atoms with Gasteiger partial charge >= 0.3 is 12.4 Å². The second kappa shape index (κ2) is 3.10. The lowest BCUT2D eigenvalue weighted by Crippen LogP contribution is -2.14. The van der Waals surface area contributed by atoms with Crippen LogP contribution in [0, 0.1) is 6.07 Å². The first-order chi connectivity index (χ1) is 6.21. The number of alkyl halides is 6. The molecular weight excluding hydrogens is 214 g/mol. The van der Waals surface area contributed by atoms with E-state index in [9.17, 15) is 26.3 Å². The van der Waals surface area contributed by atoms with Crippen LogP contribution in [0.5, 0.6) is 0 Å². The minimum absolute atomic E-state index is 0.197. The number of hydrogen-bond donors (Lipinski definition) is 0. The number of hydrogen-bond acceptors (Lipinski definition) is 2. The van der Waals surface area contributed by atoms with E-state index >= 15 is 0 Å². The van der Waals surface area contributed by atoms with Crippen LogP contribution in [-0.4, -0.2) is 9.97 Å². The molecular formula is C6HF6N2. The van der Waals surface area contributed by atoms with Crippen LogP contribution in [0.25, 0.3) is 0 Å². The van der Waals surface area contributed by atoms with Crippen molar-refractivity contribution in [3.8, 4) is 0 Å². The summed E-state index contributed by atoms with van der Waals surface area (Å²) in [4.78, 5) is 5.26. The van der Waals surface area contributed by atoms with Crippen molar-refractivity contribution in [1.82, 2.24) is 9.97 Å². The number of nitrogens with zero attached hydrogens (tertiary/aromatic N) is 2. The van der Waals surface area contributed by atoms with E-state index in [0.29, 0.717) is 0 Å². The minimum Gasteiger partial charge on any atom is -0.231 e. The molecule has 1 aromatic rings. The van der Waals surface area contributed by atoms with Gasteiger partial charge in [0.25, 0.3) is 0 Å². The largest absolute Gasteiger partial charge is 0.434 e. The van der Waals surface area contributed by atoms with Crippen molar-refractivity contribution in [3.63, 3.8) is 0 Å². The Morgan fingerprint density at radius 2 is 1.21 bits per heavy atom. The van der Waals surface area contributed by atoms with Gasteiger partial charge in [-0.3, -0.25) is 0 Å². The quantitative estimate of drug-likeness (QED) is 0.620. The molecule has 0 saturated heterocycles. The molecule has 0 spiro atoms. The third-order valence-corrected chi connectivity index (χ3v) is 1.15. The molecule has 0 aromatic carbocycles. The van der Waals surface area contributed by atoms with Crippen molar-refractivity contribution in [2.75, 3.05) is 0 Å². The smallest absolute Gasteiger partial charge is 0.231 e. The van der Waals surface area contributed by atoms with E-state index in [0.717, 1.165) is 6.07 Å². The zero-order valence-corrected chi connectivity index (χ0v) is 6.24. The van der Waals surface area contributed by atoms with Crippen LogP contribution >= 0.6 is 0 Å². The summed E-state index contributed by atoms with van der Waals surface area (Å²) in [6.45, 7) is 0. The summed E-state index contributed by atoms with van der Waals surface area (Å²) in [7, 11) is 0. The fourth-order valence-electron chi connectivity index (χ4n) is 0.609. The Kier molecular flexibility index (Phi) is 2.38. The highest BCUT2D eigenvalue weighted by Crippen LogP contribution is 2.31. The Hall–Kier alpha value is -1.34. The second-order valence-electron chi connectivity index (χ2n) is 2.19. The van der Waals surface area contributed by atoms with Crippen LogP contribution in [0.1, 0.15) is 11.4 Å². The molecule has 0 aliphatic carbocycles. The Bertz CT molecular complexity index is 299. The average molecular weight is 215 g/mol. The number of rotatable bonds is 0. The molecule has 1 heterocycles. The monoisotopic (exact) mass is 215 g/mol. The van der Waals surface area contributed by atoms with E-state index in [1.54, 1.807) is 0 Å². The summed E-state index contributed by atoms with van der Waals surface area (Å²) >= 11 is 0. The summed E-state index contributed by atoms with van der Waals surface area (Å²) in [5.74, 6) is 0. The van der Waals surface area contributed by atoms with Gasteiger partial charge < -0.3 is 0 Å². The molecule has 0 saturated carbocycles. The van der Waals surface area contributed by atoms with Gasteiger partial charge in [0, 0.05) is 6.07 Å². The first kappa shape index (κ1) is 10.7. The molecule has 77 valence electrons. The lowest BCUT2D eigenvalue weighted by molar-refractivity contribution is -0.148. The van der Waals surface area contributed by atoms with E-state index < -0.39 is 23.7 Å². The number of aromatic nitrogens is 2. The first-order valence-corrected chi connectivity index (χ1v) is 3.10. The van der Waals surface area contributed by atoms with Crippen molar-refractivity contribution in [3.05, 3.63) is 23.8 Å². The van der Waals surface area contributed by atoms with Crippen LogP contribution in [0.3, 0.4) is 0 Å². The number of halogens is 6. The summed E-state index contributed by atoms with van der Waals surface area (Å²) in [6.07, 6.45) is -9.71. The van der Waals surface area contributed by atoms with Crippen LogP contribution in [0.2, 0.25) is 0 Å². The van der Waals surface area contributed by atoms with Gasteiger partial charge in [-0.05, 0) is 0 Å². The Morgan fingerprint density at radius 3 is 1.50 bits per heavy atom. The van der Waals surface area contributed by atoms with Crippen molar-refractivity contribution in [1.29, 1.82) is 0 Å². The summed E-state index contributed by atoms with van der Waals surface area (Å²) < 4.78 is 71.2. The predicted molar refractivity (Wildman–Crippen MR) is 30.9 cm³/mol. The maximum Gasteiger partial charge on any atom is 0.434 e. The van der Waals surface area contributed by atoms with Gasteiger partial charge in [-0.25, -0.2) is 9.97 Å². The van der Waals surface area contributed by atoms with Gasteiger partial charge in [-0.1, -0.05) is 0 Å². The highest BCUT2D eigenvalue weighted by molar-refractivity contribution is 5.11. The zero-order valence-electron chi connectivity index (χ0n) is 6.24. The van der Waals surface area contributed by atoms with Crippen molar-refractivity contribution in [2.45, 2.75) is 12.4 Å². The summed E-state index contributed by atoms with van der Waals surface area (Å²) in [5.41, 5.74) is -3.47. The zero-order chi connectivity index (χ0) is 11.0. The van der Waals surface area contributed by atoms with Crippen molar-refractivity contribution < 1.29 is 26.3 Å². The highest BCUT2D eigenvalue weighted by Gasteiger charge is 2.38. The Balaban J connectivity index is 3.15. The van der Waals surface area contributed by atoms with Gasteiger partial charge in [-0.15, -0.1) is 0 Å². The van der Waals surface area contributed by atoms with E-state index in [4.69, 9.17) is 0 Å². The van der Waals surface area contributed by atoms with E-state index in [1.807, 2.05) is 0 Å². The fourth-order valence-corrected chi connectivity index (χ4v) is 0.609. The molecule has 0 aliphatic heterocycles. The average Bonchev–Trinajstić information content (AvgIpc) is 2.01. The molecule has 2 nitrogen and oxygen atoms in total. The molecule has 14 heavy (non-hydrogen) atoms. The van der Waals surface area contributed by atoms with Crippen LogP contribution in [-0.2, 0) is 12.4 Å².